The second kappa shape index (κ2) is 6.58. The lowest BCUT2D eigenvalue weighted by Gasteiger charge is -2.32. The molecule has 134 valence electrons. The Bertz CT molecular complexity index is 980. The van der Waals surface area contributed by atoms with E-state index in [9.17, 15) is 25.1 Å². The van der Waals surface area contributed by atoms with E-state index in [1.807, 2.05) is 0 Å². The van der Waals surface area contributed by atoms with Gasteiger partial charge in [0.05, 0.1) is 21.9 Å². The van der Waals surface area contributed by atoms with E-state index < -0.39 is 17.1 Å². The van der Waals surface area contributed by atoms with Gasteiger partial charge < -0.3 is 19.9 Å². The molecule has 26 heavy (non-hydrogen) atoms. The first-order chi connectivity index (χ1) is 12.3. The fourth-order valence-electron chi connectivity index (χ4n) is 2.52. The van der Waals surface area contributed by atoms with E-state index in [-0.39, 0.29) is 45.4 Å². The summed E-state index contributed by atoms with van der Waals surface area (Å²) in [7, 11) is 0. The summed E-state index contributed by atoms with van der Waals surface area (Å²) < 4.78 is 5.42. The van der Waals surface area contributed by atoms with Crippen molar-refractivity contribution in [1.29, 1.82) is 0 Å². The molecule has 1 atom stereocenters. The highest BCUT2D eigenvalue weighted by atomic mass is 32.1. The van der Waals surface area contributed by atoms with Gasteiger partial charge in [-0.1, -0.05) is 6.08 Å². The van der Waals surface area contributed by atoms with Gasteiger partial charge in [0, 0.05) is 12.6 Å². The molecule has 1 amide bonds. The van der Waals surface area contributed by atoms with Crippen molar-refractivity contribution in [2.45, 2.75) is 6.23 Å². The van der Waals surface area contributed by atoms with Gasteiger partial charge in [-0.25, -0.2) is 0 Å². The summed E-state index contributed by atoms with van der Waals surface area (Å²) in [6.45, 7) is 3.67. The number of nitro benzene ring substituents is 1. The van der Waals surface area contributed by atoms with E-state index in [2.05, 4.69) is 11.9 Å². The first kappa shape index (κ1) is 17.6. The standard InChI is InChI=1S/C16H13N3O6S/c1-2-5-18-15(22)10(14(21)17-16(18)26)7-12-13(20)9-4-3-8(19(23)24)6-11(9)25-12/h2-4,6-7,14,20-21H,1,5H2,(H,17,26). The molecule has 0 radical (unpaired) electrons. The number of amides is 1. The van der Waals surface area contributed by atoms with E-state index >= 15 is 0 Å². The predicted molar refractivity (Wildman–Crippen MR) is 96.2 cm³/mol. The molecule has 1 fully saturated rings. The number of thiocarbonyl (C=S) groups is 1. The molecule has 3 N–H and O–H groups in total. The third-order valence-electron chi connectivity index (χ3n) is 3.77. The number of nitrogens with zero attached hydrogens (tertiary/aromatic N) is 2. The summed E-state index contributed by atoms with van der Waals surface area (Å²) >= 11 is 5.00. The highest BCUT2D eigenvalue weighted by molar-refractivity contribution is 7.80. The number of nitro groups is 1. The van der Waals surface area contributed by atoms with Crippen molar-refractivity contribution in [1.82, 2.24) is 10.2 Å². The highest BCUT2D eigenvalue weighted by Crippen LogP contribution is 2.35. The van der Waals surface area contributed by atoms with Crippen LogP contribution in [0, 0.1) is 10.1 Å². The van der Waals surface area contributed by atoms with Crippen LogP contribution in [-0.2, 0) is 4.79 Å². The van der Waals surface area contributed by atoms with Crippen molar-refractivity contribution in [3.63, 3.8) is 0 Å². The number of rotatable bonds is 4. The monoisotopic (exact) mass is 375 g/mol. The summed E-state index contributed by atoms with van der Waals surface area (Å²) in [5.41, 5.74) is -0.236. The number of aromatic hydroxyl groups is 1. The number of aliphatic hydroxyl groups is 1. The number of furan rings is 1. The quantitative estimate of drug-likeness (QED) is 0.242. The van der Waals surface area contributed by atoms with Crippen LogP contribution >= 0.6 is 12.2 Å². The van der Waals surface area contributed by atoms with E-state index in [4.69, 9.17) is 16.6 Å². The van der Waals surface area contributed by atoms with Crippen LogP contribution in [0.15, 0.2) is 40.8 Å². The van der Waals surface area contributed by atoms with Gasteiger partial charge in [-0.2, -0.15) is 0 Å². The van der Waals surface area contributed by atoms with Gasteiger partial charge in [-0.15, -0.1) is 6.58 Å². The lowest BCUT2D eigenvalue weighted by Crippen LogP contribution is -2.55. The van der Waals surface area contributed by atoms with Crippen LogP contribution in [-0.4, -0.2) is 43.8 Å². The van der Waals surface area contributed by atoms with Crippen LogP contribution in [0.2, 0.25) is 0 Å². The maximum Gasteiger partial charge on any atom is 0.273 e. The molecule has 0 saturated carbocycles. The van der Waals surface area contributed by atoms with Crippen molar-refractivity contribution >= 4 is 46.0 Å². The highest BCUT2D eigenvalue weighted by Gasteiger charge is 2.33. The van der Waals surface area contributed by atoms with E-state index in [0.29, 0.717) is 0 Å². The minimum absolute atomic E-state index is 0.0454. The van der Waals surface area contributed by atoms with Gasteiger partial charge in [0.15, 0.2) is 22.9 Å². The van der Waals surface area contributed by atoms with Crippen LogP contribution < -0.4 is 5.32 Å². The zero-order valence-electron chi connectivity index (χ0n) is 13.2. The SMILES string of the molecule is C=CCN1C(=O)C(=Cc2oc3cc([N+](=O)[O-])ccc3c2O)C(O)NC1=S. The fourth-order valence-corrected chi connectivity index (χ4v) is 2.79. The van der Waals surface area contributed by atoms with E-state index in [1.165, 1.54) is 29.2 Å². The third kappa shape index (κ3) is 2.91. The number of carbonyl (C=O) groups is 1. The molecule has 0 spiro atoms. The van der Waals surface area contributed by atoms with Crippen molar-refractivity contribution < 1.29 is 24.3 Å². The topological polar surface area (TPSA) is 129 Å². The lowest BCUT2D eigenvalue weighted by atomic mass is 10.1. The van der Waals surface area contributed by atoms with Crippen LogP contribution in [0.25, 0.3) is 17.0 Å². The summed E-state index contributed by atoms with van der Waals surface area (Å²) in [5, 5.41) is 34.0. The molecule has 1 saturated heterocycles. The number of hydrogen-bond donors (Lipinski definition) is 3. The molecular formula is C16H13N3O6S. The van der Waals surface area contributed by atoms with Crippen molar-refractivity contribution in [2.75, 3.05) is 6.54 Å². The summed E-state index contributed by atoms with van der Waals surface area (Å²) in [6, 6.07) is 3.72. The van der Waals surface area contributed by atoms with Crippen molar-refractivity contribution in [3.8, 4) is 5.75 Å². The smallest absolute Gasteiger partial charge is 0.273 e. The fraction of sp³-hybridized carbons (Fsp3) is 0.125. The maximum absolute atomic E-state index is 12.5. The van der Waals surface area contributed by atoms with Gasteiger partial charge in [0.1, 0.15) is 5.58 Å². The molecule has 1 aliphatic heterocycles. The van der Waals surface area contributed by atoms with E-state index in [0.717, 1.165) is 6.07 Å². The van der Waals surface area contributed by atoms with Crippen LogP contribution in [0.5, 0.6) is 5.75 Å². The lowest BCUT2D eigenvalue weighted by molar-refractivity contribution is -0.384. The molecule has 1 aliphatic rings. The normalized spacial score (nSPS) is 19.0. The van der Waals surface area contributed by atoms with Gasteiger partial charge in [0.2, 0.25) is 0 Å². The second-order valence-corrected chi connectivity index (χ2v) is 5.80. The van der Waals surface area contributed by atoms with Crippen LogP contribution in [0.1, 0.15) is 5.76 Å². The molecular weight excluding hydrogens is 362 g/mol. The zero-order valence-corrected chi connectivity index (χ0v) is 14.0. The minimum Gasteiger partial charge on any atom is -0.504 e. The van der Waals surface area contributed by atoms with Crippen LogP contribution in [0.4, 0.5) is 5.69 Å². The Kier molecular flexibility index (Phi) is 4.45. The molecule has 1 aromatic carbocycles. The molecule has 1 unspecified atom stereocenters. The Morgan fingerprint density at radius 2 is 2.23 bits per heavy atom. The van der Waals surface area contributed by atoms with E-state index in [1.54, 1.807) is 0 Å². The number of hydrogen-bond acceptors (Lipinski definition) is 7. The summed E-state index contributed by atoms with van der Waals surface area (Å²) in [5.74, 6) is -0.992. The van der Waals surface area contributed by atoms with Gasteiger partial charge in [0.25, 0.3) is 11.6 Å². The molecule has 2 heterocycles. The van der Waals surface area contributed by atoms with Gasteiger partial charge >= 0.3 is 0 Å². The molecule has 9 nitrogen and oxygen atoms in total. The number of benzene rings is 1. The van der Waals surface area contributed by atoms with Gasteiger partial charge in [-0.05, 0) is 24.4 Å². The third-order valence-corrected chi connectivity index (χ3v) is 4.11. The maximum atomic E-state index is 12.5. The van der Waals surface area contributed by atoms with Crippen molar-refractivity contribution in [2.24, 2.45) is 0 Å². The first-order valence-corrected chi connectivity index (χ1v) is 7.77. The Morgan fingerprint density at radius 1 is 1.50 bits per heavy atom. The van der Waals surface area contributed by atoms with Crippen molar-refractivity contribution in [3.05, 3.63) is 52.3 Å². The van der Waals surface area contributed by atoms with Crippen LogP contribution in [0.3, 0.4) is 0 Å². The first-order valence-electron chi connectivity index (χ1n) is 7.36. The summed E-state index contributed by atoms with van der Waals surface area (Å²) in [4.78, 5) is 24.0. The molecule has 10 heteroatoms. The number of carbonyl (C=O) groups excluding carboxylic acids is 1. The molecule has 0 bridgehead atoms. The molecule has 0 aliphatic carbocycles. The number of nitrogens with one attached hydrogen (secondary N) is 1. The Morgan fingerprint density at radius 3 is 2.88 bits per heavy atom. The Labute approximate surface area is 152 Å². The summed E-state index contributed by atoms with van der Waals surface area (Å²) in [6.07, 6.45) is 1.25. The predicted octanol–water partition coefficient (Wildman–Crippen LogP) is 1.65. The Hall–Kier alpha value is -3.24. The molecule has 3 rings (SSSR count). The number of fused-ring (bicyclic) bond motifs is 1. The minimum atomic E-state index is -1.39. The molecule has 1 aromatic heterocycles. The largest absolute Gasteiger partial charge is 0.504 e. The van der Waals surface area contributed by atoms with Gasteiger partial charge in [-0.3, -0.25) is 19.8 Å². The number of non-ortho nitro benzene ring substituents is 1. The average Bonchev–Trinajstić information content (AvgIpc) is 2.90. The molecule has 2 aromatic rings. The Balaban J connectivity index is 2.06. The number of aliphatic hydroxyl groups excluding tert-OH is 1. The zero-order chi connectivity index (χ0) is 19.0. The second-order valence-electron chi connectivity index (χ2n) is 5.41. The average molecular weight is 375 g/mol.